The van der Waals surface area contributed by atoms with E-state index in [1.54, 1.807) is 17.0 Å². The molecule has 2 rings (SSSR count). The fraction of sp³-hybridized carbons (Fsp3) is 0.529. The quantitative estimate of drug-likeness (QED) is 0.731. The predicted octanol–water partition coefficient (Wildman–Crippen LogP) is 0.497. The summed E-state index contributed by atoms with van der Waals surface area (Å²) in [7, 11) is -3.69. The van der Waals surface area contributed by atoms with Crippen LogP contribution >= 0.6 is 0 Å². The maximum absolute atomic E-state index is 12.2. The Morgan fingerprint density at radius 3 is 2.52 bits per heavy atom. The lowest BCUT2D eigenvalue weighted by Gasteiger charge is -2.18. The van der Waals surface area contributed by atoms with Gasteiger partial charge in [0.2, 0.25) is 21.8 Å². The Labute approximate surface area is 148 Å². The summed E-state index contributed by atoms with van der Waals surface area (Å²) < 4.78 is 22.4. The van der Waals surface area contributed by atoms with Crippen LogP contribution in [0.3, 0.4) is 0 Å². The number of hydrogen-bond donors (Lipinski definition) is 2. The summed E-state index contributed by atoms with van der Waals surface area (Å²) in [6.45, 7) is 5.68. The van der Waals surface area contributed by atoms with E-state index in [2.05, 4.69) is 5.32 Å². The van der Waals surface area contributed by atoms with Crippen molar-refractivity contribution in [2.45, 2.75) is 31.6 Å². The second-order valence-corrected chi connectivity index (χ2v) is 8.39. The van der Waals surface area contributed by atoms with Crippen LogP contribution < -0.4 is 10.5 Å². The van der Waals surface area contributed by atoms with Gasteiger partial charge in [-0.1, -0.05) is 26.0 Å². The van der Waals surface area contributed by atoms with E-state index < -0.39 is 10.0 Å². The molecule has 0 radical (unpaired) electrons. The molecule has 1 aromatic rings. The zero-order valence-electron chi connectivity index (χ0n) is 14.6. The molecule has 0 bridgehead atoms. The van der Waals surface area contributed by atoms with Gasteiger partial charge in [0.15, 0.2) is 0 Å². The molecule has 0 aliphatic carbocycles. The average molecular weight is 367 g/mol. The van der Waals surface area contributed by atoms with Crippen molar-refractivity contribution in [1.29, 1.82) is 0 Å². The maximum atomic E-state index is 12.2. The molecule has 7 nitrogen and oxygen atoms in total. The minimum atomic E-state index is -3.69. The van der Waals surface area contributed by atoms with Crippen LogP contribution in [-0.2, 0) is 26.0 Å². The standard InChI is InChI=1S/C17H25N3O4S/c1-12(2)10-20-11-14(9-16(20)21)17(22)19-8-7-13-3-5-15(6-4-13)25(18,23)24/h3-6,12,14H,7-11H2,1-2H3,(H,19,22)(H2,18,23,24). The zero-order chi connectivity index (χ0) is 18.6. The Bertz CT molecular complexity index is 729. The smallest absolute Gasteiger partial charge is 0.238 e. The summed E-state index contributed by atoms with van der Waals surface area (Å²) in [4.78, 5) is 25.9. The lowest BCUT2D eigenvalue weighted by atomic mass is 10.1. The van der Waals surface area contributed by atoms with Gasteiger partial charge in [-0.2, -0.15) is 0 Å². The molecule has 1 atom stereocenters. The Balaban J connectivity index is 1.80. The van der Waals surface area contributed by atoms with E-state index in [4.69, 9.17) is 5.14 Å². The first-order valence-corrected chi connectivity index (χ1v) is 9.88. The molecule has 1 aliphatic rings. The number of rotatable bonds is 7. The lowest BCUT2D eigenvalue weighted by Crippen LogP contribution is -2.35. The largest absolute Gasteiger partial charge is 0.355 e. The molecule has 1 heterocycles. The van der Waals surface area contributed by atoms with Gasteiger partial charge in [0, 0.05) is 26.1 Å². The minimum Gasteiger partial charge on any atom is -0.355 e. The van der Waals surface area contributed by atoms with Crippen LogP contribution in [-0.4, -0.2) is 44.8 Å². The Hall–Kier alpha value is -1.93. The number of nitrogens with two attached hydrogens (primary N) is 1. The Morgan fingerprint density at radius 2 is 1.96 bits per heavy atom. The highest BCUT2D eigenvalue weighted by Crippen LogP contribution is 2.19. The third-order valence-electron chi connectivity index (χ3n) is 4.14. The first-order valence-electron chi connectivity index (χ1n) is 8.34. The lowest BCUT2D eigenvalue weighted by molar-refractivity contribution is -0.129. The summed E-state index contributed by atoms with van der Waals surface area (Å²) in [5.41, 5.74) is 0.900. The molecule has 1 aromatic carbocycles. The number of amides is 2. The van der Waals surface area contributed by atoms with Crippen molar-refractivity contribution in [2.24, 2.45) is 17.0 Å². The SMILES string of the molecule is CC(C)CN1CC(C(=O)NCCc2ccc(S(N)(=O)=O)cc2)CC1=O. The van der Waals surface area contributed by atoms with Gasteiger partial charge in [0.05, 0.1) is 10.8 Å². The number of nitrogens with zero attached hydrogens (tertiary/aromatic N) is 1. The maximum Gasteiger partial charge on any atom is 0.238 e. The summed E-state index contributed by atoms with van der Waals surface area (Å²) in [6.07, 6.45) is 0.842. The summed E-state index contributed by atoms with van der Waals surface area (Å²) in [6, 6.07) is 6.25. The van der Waals surface area contributed by atoms with Gasteiger partial charge < -0.3 is 10.2 Å². The van der Waals surface area contributed by atoms with Crippen molar-refractivity contribution < 1.29 is 18.0 Å². The first-order chi connectivity index (χ1) is 11.7. The molecule has 2 amide bonds. The zero-order valence-corrected chi connectivity index (χ0v) is 15.4. The van der Waals surface area contributed by atoms with Crippen LogP contribution in [0.1, 0.15) is 25.8 Å². The van der Waals surface area contributed by atoms with Crippen LogP contribution in [0.4, 0.5) is 0 Å². The first kappa shape index (κ1) is 19.4. The third-order valence-corrected chi connectivity index (χ3v) is 5.06. The van der Waals surface area contributed by atoms with Crippen LogP contribution in [0.15, 0.2) is 29.2 Å². The molecule has 3 N–H and O–H groups in total. The number of carbonyl (C=O) groups excluding carboxylic acids is 2. The number of sulfonamides is 1. The Kier molecular flexibility index (Phi) is 6.18. The van der Waals surface area contributed by atoms with E-state index in [1.807, 2.05) is 13.8 Å². The van der Waals surface area contributed by atoms with Crippen molar-refractivity contribution in [3.8, 4) is 0 Å². The topological polar surface area (TPSA) is 110 Å². The van der Waals surface area contributed by atoms with E-state index in [9.17, 15) is 18.0 Å². The molecule has 1 unspecified atom stereocenters. The molecule has 0 aromatic heterocycles. The van der Waals surface area contributed by atoms with Crippen molar-refractivity contribution in [1.82, 2.24) is 10.2 Å². The van der Waals surface area contributed by atoms with Crippen LogP contribution in [0.5, 0.6) is 0 Å². The summed E-state index contributed by atoms with van der Waals surface area (Å²) in [5.74, 6) is 0.00951. The number of nitrogens with one attached hydrogen (secondary N) is 1. The number of carbonyl (C=O) groups is 2. The molecule has 0 spiro atoms. The molecule has 25 heavy (non-hydrogen) atoms. The van der Waals surface area contributed by atoms with Gasteiger partial charge in [-0.05, 0) is 30.0 Å². The van der Waals surface area contributed by atoms with E-state index in [-0.39, 0.29) is 29.0 Å². The number of hydrogen-bond acceptors (Lipinski definition) is 4. The Morgan fingerprint density at radius 1 is 1.32 bits per heavy atom. The van der Waals surface area contributed by atoms with Gasteiger partial charge in [-0.25, -0.2) is 13.6 Å². The van der Waals surface area contributed by atoms with E-state index in [0.29, 0.717) is 32.0 Å². The highest BCUT2D eigenvalue weighted by molar-refractivity contribution is 7.89. The van der Waals surface area contributed by atoms with Crippen molar-refractivity contribution in [3.05, 3.63) is 29.8 Å². The second kappa shape index (κ2) is 7.97. The van der Waals surface area contributed by atoms with E-state index in [0.717, 1.165) is 5.56 Å². The van der Waals surface area contributed by atoms with Crippen molar-refractivity contribution in [3.63, 3.8) is 0 Å². The van der Waals surface area contributed by atoms with E-state index >= 15 is 0 Å². The number of likely N-dealkylation sites (tertiary alicyclic amines) is 1. The van der Waals surface area contributed by atoms with Crippen LogP contribution in [0.2, 0.25) is 0 Å². The van der Waals surface area contributed by atoms with Gasteiger partial charge in [-0.15, -0.1) is 0 Å². The fourth-order valence-corrected chi connectivity index (χ4v) is 3.40. The van der Waals surface area contributed by atoms with Gasteiger partial charge in [0.25, 0.3) is 0 Å². The minimum absolute atomic E-state index is 0.0347. The summed E-state index contributed by atoms with van der Waals surface area (Å²) >= 11 is 0. The summed E-state index contributed by atoms with van der Waals surface area (Å²) in [5, 5.41) is 7.90. The molecule has 8 heteroatoms. The molecule has 1 aliphatic heterocycles. The monoisotopic (exact) mass is 367 g/mol. The fourth-order valence-electron chi connectivity index (χ4n) is 2.89. The van der Waals surface area contributed by atoms with Crippen LogP contribution in [0.25, 0.3) is 0 Å². The average Bonchev–Trinajstić information content (AvgIpc) is 2.87. The van der Waals surface area contributed by atoms with Gasteiger partial charge in [-0.3, -0.25) is 9.59 Å². The molecule has 0 saturated carbocycles. The van der Waals surface area contributed by atoms with Gasteiger partial charge in [0.1, 0.15) is 0 Å². The molecule has 1 saturated heterocycles. The second-order valence-electron chi connectivity index (χ2n) is 6.82. The molecular formula is C17H25N3O4S. The van der Waals surface area contributed by atoms with Crippen molar-refractivity contribution in [2.75, 3.05) is 19.6 Å². The third kappa shape index (κ3) is 5.54. The molecular weight excluding hydrogens is 342 g/mol. The highest BCUT2D eigenvalue weighted by atomic mass is 32.2. The normalized spacial score (nSPS) is 18.0. The predicted molar refractivity (Wildman–Crippen MR) is 94.1 cm³/mol. The number of primary sulfonamides is 1. The van der Waals surface area contributed by atoms with E-state index in [1.165, 1.54) is 12.1 Å². The number of benzene rings is 1. The van der Waals surface area contributed by atoms with Crippen LogP contribution in [0, 0.1) is 11.8 Å². The van der Waals surface area contributed by atoms with Gasteiger partial charge >= 0.3 is 0 Å². The molecule has 1 fully saturated rings. The van der Waals surface area contributed by atoms with Crippen molar-refractivity contribution >= 4 is 21.8 Å². The highest BCUT2D eigenvalue weighted by Gasteiger charge is 2.34. The molecule has 138 valence electrons.